The Morgan fingerprint density at radius 3 is 2.42 bits per heavy atom. The number of benzene rings is 1. The number of carbonyl (C=O) groups is 2. The zero-order valence-electron chi connectivity index (χ0n) is 14.7. The molecule has 2 N–H and O–H groups in total. The molecule has 7 heteroatoms. The molecule has 2 heterocycles. The molecular weight excluding hydrogens is 348 g/mol. The van der Waals surface area contributed by atoms with E-state index in [9.17, 15) is 9.59 Å². The molecule has 1 aromatic heterocycles. The summed E-state index contributed by atoms with van der Waals surface area (Å²) in [4.78, 5) is 31.8. The van der Waals surface area contributed by atoms with Crippen LogP contribution in [0, 0.1) is 0 Å². The van der Waals surface area contributed by atoms with Crippen LogP contribution >= 0.6 is 11.3 Å². The van der Waals surface area contributed by atoms with Crippen molar-refractivity contribution in [1.82, 2.24) is 15.5 Å². The Balaban J connectivity index is 1.52. The van der Waals surface area contributed by atoms with E-state index < -0.39 is 0 Å². The van der Waals surface area contributed by atoms with Gasteiger partial charge in [0.05, 0.1) is 11.1 Å². The molecule has 26 heavy (non-hydrogen) atoms. The number of thiophene rings is 1. The van der Waals surface area contributed by atoms with E-state index in [0.717, 1.165) is 13.0 Å². The van der Waals surface area contributed by atoms with Gasteiger partial charge in [-0.3, -0.25) is 19.5 Å². The Kier molecular flexibility index (Phi) is 6.01. The highest BCUT2D eigenvalue weighted by atomic mass is 32.1. The molecule has 3 rings (SSSR count). The van der Waals surface area contributed by atoms with Gasteiger partial charge < -0.3 is 10.6 Å². The van der Waals surface area contributed by atoms with Crippen molar-refractivity contribution in [3.63, 3.8) is 0 Å². The Bertz CT molecular complexity index is 767. The van der Waals surface area contributed by atoms with Gasteiger partial charge in [-0.1, -0.05) is 18.2 Å². The third kappa shape index (κ3) is 4.11. The molecule has 1 aliphatic rings. The van der Waals surface area contributed by atoms with Crippen LogP contribution in [0.1, 0.15) is 32.5 Å². The first kappa shape index (κ1) is 18.1. The van der Waals surface area contributed by atoms with Crippen LogP contribution in [0.15, 0.2) is 46.8 Å². The van der Waals surface area contributed by atoms with Crippen LogP contribution in [0.5, 0.6) is 0 Å². The molecule has 1 aliphatic heterocycles. The largest absolute Gasteiger partial charge is 0.357 e. The molecule has 6 nitrogen and oxygen atoms in total. The number of fused-ring (bicyclic) bond motifs is 1. The first-order valence-electron chi connectivity index (χ1n) is 8.70. The fraction of sp³-hybridized carbons (Fsp3) is 0.316. The minimum absolute atomic E-state index is 0.230. The summed E-state index contributed by atoms with van der Waals surface area (Å²) in [5.74, 6) is 0.236. The van der Waals surface area contributed by atoms with Crippen molar-refractivity contribution in [2.24, 2.45) is 4.99 Å². The third-order valence-corrected chi connectivity index (χ3v) is 4.99. The number of nitrogens with zero attached hydrogens (tertiary/aromatic N) is 2. The van der Waals surface area contributed by atoms with E-state index in [1.807, 2.05) is 13.0 Å². The fourth-order valence-electron chi connectivity index (χ4n) is 2.80. The summed E-state index contributed by atoms with van der Waals surface area (Å²) in [6.07, 6.45) is 0.895. The van der Waals surface area contributed by atoms with Crippen LogP contribution in [0.2, 0.25) is 0 Å². The van der Waals surface area contributed by atoms with Gasteiger partial charge in [0.25, 0.3) is 11.8 Å². The molecule has 0 bridgehead atoms. The second kappa shape index (κ2) is 8.62. The number of imide groups is 1. The molecule has 0 fully saturated rings. The first-order valence-corrected chi connectivity index (χ1v) is 9.58. The Morgan fingerprint density at radius 2 is 1.81 bits per heavy atom. The van der Waals surface area contributed by atoms with Crippen LogP contribution in [-0.4, -0.2) is 48.9 Å². The van der Waals surface area contributed by atoms with Gasteiger partial charge in [0.2, 0.25) is 0 Å². The van der Waals surface area contributed by atoms with Gasteiger partial charge in [0, 0.05) is 37.5 Å². The molecule has 0 radical (unpaired) electrons. The fourth-order valence-corrected chi connectivity index (χ4v) is 3.50. The van der Waals surface area contributed by atoms with Gasteiger partial charge >= 0.3 is 0 Å². The number of hydrogen-bond acceptors (Lipinski definition) is 4. The highest BCUT2D eigenvalue weighted by Gasteiger charge is 2.34. The van der Waals surface area contributed by atoms with E-state index in [1.54, 1.807) is 35.6 Å². The minimum atomic E-state index is -0.230. The van der Waals surface area contributed by atoms with Crippen LogP contribution in [0.4, 0.5) is 0 Å². The number of rotatable bonds is 7. The van der Waals surface area contributed by atoms with Crippen LogP contribution in [0.3, 0.4) is 0 Å². The zero-order valence-corrected chi connectivity index (χ0v) is 15.5. The first-order chi connectivity index (χ1) is 12.7. The number of hydrogen-bond donors (Lipinski definition) is 2. The van der Waals surface area contributed by atoms with Gasteiger partial charge in [-0.25, -0.2) is 0 Å². The van der Waals surface area contributed by atoms with Gasteiger partial charge in [-0.05, 0) is 30.5 Å². The minimum Gasteiger partial charge on any atom is -0.357 e. The van der Waals surface area contributed by atoms with Crippen molar-refractivity contribution in [2.45, 2.75) is 13.3 Å². The average Bonchev–Trinajstić information content (AvgIpc) is 3.25. The van der Waals surface area contributed by atoms with E-state index >= 15 is 0 Å². The molecule has 0 saturated carbocycles. The number of guanidine groups is 1. The maximum absolute atomic E-state index is 12.3. The number of aliphatic imine (C=N–C) groups is 1. The van der Waals surface area contributed by atoms with E-state index in [2.05, 4.69) is 27.1 Å². The topological polar surface area (TPSA) is 73.8 Å². The van der Waals surface area contributed by atoms with Crippen LogP contribution in [-0.2, 0) is 6.42 Å². The molecule has 0 saturated heterocycles. The summed E-state index contributed by atoms with van der Waals surface area (Å²) in [7, 11) is 0. The summed E-state index contributed by atoms with van der Waals surface area (Å²) < 4.78 is 0. The van der Waals surface area contributed by atoms with Gasteiger partial charge in [0.1, 0.15) is 0 Å². The average molecular weight is 370 g/mol. The van der Waals surface area contributed by atoms with E-state index in [0.29, 0.717) is 36.7 Å². The SMILES string of the molecule is CCNC(=NCCc1cccs1)NCCN1C(=O)c2ccccc2C1=O. The second-order valence-electron chi connectivity index (χ2n) is 5.82. The third-order valence-electron chi connectivity index (χ3n) is 4.06. The zero-order chi connectivity index (χ0) is 18.4. The Morgan fingerprint density at radius 1 is 1.08 bits per heavy atom. The van der Waals surface area contributed by atoms with Crippen LogP contribution in [0.25, 0.3) is 0 Å². The lowest BCUT2D eigenvalue weighted by atomic mass is 10.1. The van der Waals surface area contributed by atoms with Crippen molar-refractivity contribution < 1.29 is 9.59 Å². The van der Waals surface area contributed by atoms with Crippen molar-refractivity contribution in [3.8, 4) is 0 Å². The van der Waals surface area contributed by atoms with Crippen molar-refractivity contribution in [2.75, 3.05) is 26.2 Å². The normalized spacial score (nSPS) is 13.9. The Hall–Kier alpha value is -2.67. The summed E-state index contributed by atoms with van der Waals surface area (Å²) in [6.45, 7) is 4.19. The molecule has 0 aliphatic carbocycles. The molecule has 2 aromatic rings. The van der Waals surface area contributed by atoms with Gasteiger partial charge in [-0.15, -0.1) is 11.3 Å². The number of nitrogens with one attached hydrogen (secondary N) is 2. The molecule has 1 aromatic carbocycles. The quantitative estimate of drug-likeness (QED) is 0.445. The molecule has 0 spiro atoms. The van der Waals surface area contributed by atoms with Crippen molar-refractivity contribution in [3.05, 3.63) is 57.8 Å². The predicted molar refractivity (Wildman–Crippen MR) is 104 cm³/mol. The molecule has 2 amide bonds. The van der Waals surface area contributed by atoms with E-state index in [1.165, 1.54) is 9.78 Å². The lowest BCUT2D eigenvalue weighted by Gasteiger charge is -2.16. The number of carbonyl (C=O) groups excluding carboxylic acids is 2. The standard InChI is InChI=1S/C19H22N4O2S/c1-2-20-19(21-10-9-14-6-5-13-26-14)22-11-12-23-17(24)15-7-3-4-8-16(15)18(23)25/h3-8,13H,2,9-12H2,1H3,(H2,20,21,22). The van der Waals surface area contributed by atoms with Crippen molar-refractivity contribution >= 4 is 29.1 Å². The second-order valence-corrected chi connectivity index (χ2v) is 6.86. The molecule has 136 valence electrons. The summed E-state index contributed by atoms with van der Waals surface area (Å²) in [5.41, 5.74) is 0.961. The van der Waals surface area contributed by atoms with Gasteiger partial charge in [-0.2, -0.15) is 0 Å². The Labute approximate surface area is 156 Å². The molecular formula is C19H22N4O2S. The maximum Gasteiger partial charge on any atom is 0.261 e. The highest BCUT2D eigenvalue weighted by molar-refractivity contribution is 7.09. The molecule has 0 atom stereocenters. The van der Waals surface area contributed by atoms with Crippen molar-refractivity contribution in [1.29, 1.82) is 0 Å². The smallest absolute Gasteiger partial charge is 0.261 e. The van der Waals surface area contributed by atoms with Crippen LogP contribution < -0.4 is 10.6 Å². The van der Waals surface area contributed by atoms with E-state index in [-0.39, 0.29) is 11.8 Å². The highest BCUT2D eigenvalue weighted by Crippen LogP contribution is 2.21. The summed E-state index contributed by atoms with van der Waals surface area (Å²) in [5, 5.41) is 8.43. The maximum atomic E-state index is 12.3. The number of amides is 2. The van der Waals surface area contributed by atoms with Gasteiger partial charge in [0.15, 0.2) is 5.96 Å². The monoisotopic (exact) mass is 370 g/mol. The molecule has 0 unspecified atom stereocenters. The predicted octanol–water partition coefficient (Wildman–Crippen LogP) is 2.14. The summed E-state index contributed by atoms with van der Waals surface area (Å²) in [6, 6.07) is 11.1. The lowest BCUT2D eigenvalue weighted by molar-refractivity contribution is 0.0657. The van der Waals surface area contributed by atoms with E-state index in [4.69, 9.17) is 0 Å². The summed E-state index contributed by atoms with van der Waals surface area (Å²) >= 11 is 1.73. The lowest BCUT2D eigenvalue weighted by Crippen LogP contribution is -2.43.